The highest BCUT2D eigenvalue weighted by Gasteiger charge is 2.14. The standard InChI is InChI=1S/C14H15Cl2N3OS/c1-9(21-2)14(20)18-12-6-7-17-19(12)8-10-4-3-5-11(15)13(10)16/h3-7,9H,8H2,1-2H3,(H,18,20)/t9-/m1/s1. The topological polar surface area (TPSA) is 46.9 Å². The lowest BCUT2D eigenvalue weighted by atomic mass is 10.2. The highest BCUT2D eigenvalue weighted by molar-refractivity contribution is 7.99. The molecule has 21 heavy (non-hydrogen) atoms. The van der Waals surface area contributed by atoms with E-state index in [4.69, 9.17) is 23.2 Å². The summed E-state index contributed by atoms with van der Waals surface area (Å²) in [6.45, 7) is 2.30. The second-order valence-corrected chi connectivity index (χ2v) is 6.42. The fourth-order valence-electron chi connectivity index (χ4n) is 1.73. The Bertz CT molecular complexity index is 645. The summed E-state index contributed by atoms with van der Waals surface area (Å²) < 4.78 is 1.68. The molecule has 7 heteroatoms. The summed E-state index contributed by atoms with van der Waals surface area (Å²) in [6.07, 6.45) is 3.53. The molecular weight excluding hydrogens is 329 g/mol. The molecule has 4 nitrogen and oxygen atoms in total. The van der Waals surface area contributed by atoms with E-state index in [1.165, 1.54) is 11.8 Å². The normalized spacial score (nSPS) is 12.2. The molecule has 0 radical (unpaired) electrons. The van der Waals surface area contributed by atoms with Crippen LogP contribution in [0.4, 0.5) is 5.82 Å². The van der Waals surface area contributed by atoms with E-state index in [9.17, 15) is 4.79 Å². The van der Waals surface area contributed by atoms with Gasteiger partial charge in [-0.3, -0.25) is 4.79 Å². The predicted molar refractivity (Wildman–Crippen MR) is 89.4 cm³/mol. The lowest BCUT2D eigenvalue weighted by molar-refractivity contribution is -0.115. The summed E-state index contributed by atoms with van der Waals surface area (Å²) in [5, 5.41) is 7.96. The maximum Gasteiger partial charge on any atom is 0.238 e. The van der Waals surface area contributed by atoms with Gasteiger partial charge in [-0.1, -0.05) is 35.3 Å². The summed E-state index contributed by atoms with van der Waals surface area (Å²) in [5.74, 6) is 0.582. The number of rotatable bonds is 5. The summed E-state index contributed by atoms with van der Waals surface area (Å²) >= 11 is 13.7. The lowest BCUT2D eigenvalue weighted by Crippen LogP contribution is -2.24. The lowest BCUT2D eigenvalue weighted by Gasteiger charge is -2.12. The number of anilines is 1. The van der Waals surface area contributed by atoms with Crippen molar-refractivity contribution in [3.63, 3.8) is 0 Å². The molecule has 0 fully saturated rings. The van der Waals surface area contributed by atoms with Crippen LogP contribution in [-0.4, -0.2) is 27.2 Å². The van der Waals surface area contributed by atoms with Crippen LogP contribution >= 0.6 is 35.0 Å². The molecule has 0 unspecified atom stereocenters. The van der Waals surface area contributed by atoms with Crippen LogP contribution in [0.3, 0.4) is 0 Å². The van der Waals surface area contributed by atoms with Crippen LogP contribution in [0.2, 0.25) is 10.0 Å². The summed E-state index contributed by atoms with van der Waals surface area (Å²) in [6, 6.07) is 7.20. The van der Waals surface area contributed by atoms with E-state index in [0.717, 1.165) is 5.56 Å². The number of hydrogen-bond acceptors (Lipinski definition) is 3. The van der Waals surface area contributed by atoms with E-state index in [1.807, 2.05) is 25.3 Å². The number of aromatic nitrogens is 2. The summed E-state index contributed by atoms with van der Waals surface area (Å²) in [7, 11) is 0. The third-order valence-electron chi connectivity index (χ3n) is 3.04. The Hall–Kier alpha value is -1.17. The Balaban J connectivity index is 2.17. The third kappa shape index (κ3) is 3.93. The van der Waals surface area contributed by atoms with Crippen LogP contribution < -0.4 is 5.32 Å². The fourth-order valence-corrected chi connectivity index (χ4v) is 2.38. The van der Waals surface area contributed by atoms with Gasteiger partial charge in [-0.25, -0.2) is 4.68 Å². The number of nitrogens with zero attached hydrogens (tertiary/aromatic N) is 2. The Morgan fingerprint density at radius 3 is 2.90 bits per heavy atom. The van der Waals surface area contributed by atoms with Crippen molar-refractivity contribution in [2.24, 2.45) is 0 Å². The molecule has 0 aliphatic rings. The molecule has 0 saturated carbocycles. The number of carbonyl (C=O) groups is 1. The SMILES string of the molecule is CS[C@H](C)C(=O)Nc1ccnn1Cc1cccc(Cl)c1Cl. The van der Waals surface area contributed by atoms with Crippen LogP contribution in [-0.2, 0) is 11.3 Å². The Labute approximate surface area is 137 Å². The molecule has 1 N–H and O–H groups in total. The Morgan fingerprint density at radius 1 is 1.43 bits per heavy atom. The van der Waals surface area contributed by atoms with Crippen LogP contribution in [0.1, 0.15) is 12.5 Å². The molecule has 1 aromatic carbocycles. The molecule has 0 saturated heterocycles. The minimum Gasteiger partial charge on any atom is -0.310 e. The first-order valence-electron chi connectivity index (χ1n) is 6.31. The fraction of sp³-hybridized carbons (Fsp3) is 0.286. The molecule has 0 bridgehead atoms. The molecule has 1 atom stereocenters. The molecule has 0 spiro atoms. The van der Waals surface area contributed by atoms with Crippen molar-refractivity contribution < 1.29 is 4.79 Å². The van der Waals surface area contributed by atoms with Crippen molar-refractivity contribution in [1.82, 2.24) is 9.78 Å². The van der Waals surface area contributed by atoms with E-state index in [2.05, 4.69) is 10.4 Å². The highest BCUT2D eigenvalue weighted by Crippen LogP contribution is 2.26. The van der Waals surface area contributed by atoms with Gasteiger partial charge in [-0.15, -0.1) is 0 Å². The zero-order valence-electron chi connectivity index (χ0n) is 11.6. The van der Waals surface area contributed by atoms with Crippen molar-refractivity contribution in [2.45, 2.75) is 18.7 Å². The smallest absolute Gasteiger partial charge is 0.238 e. The third-order valence-corrected chi connectivity index (χ3v) is 4.82. The van der Waals surface area contributed by atoms with Crippen LogP contribution in [0, 0.1) is 0 Å². The molecule has 2 aromatic rings. The molecule has 0 aliphatic heterocycles. The first kappa shape index (κ1) is 16.2. The number of amides is 1. The molecule has 1 amide bonds. The molecule has 112 valence electrons. The maximum absolute atomic E-state index is 11.9. The van der Waals surface area contributed by atoms with E-state index in [1.54, 1.807) is 23.0 Å². The zero-order valence-corrected chi connectivity index (χ0v) is 14.0. The van der Waals surface area contributed by atoms with Gasteiger partial charge in [0.2, 0.25) is 5.91 Å². The maximum atomic E-state index is 11.9. The van der Waals surface area contributed by atoms with E-state index in [-0.39, 0.29) is 11.2 Å². The second-order valence-electron chi connectivity index (χ2n) is 4.45. The second kappa shape index (κ2) is 7.20. The molecule has 0 aliphatic carbocycles. The monoisotopic (exact) mass is 343 g/mol. The number of hydrogen-bond donors (Lipinski definition) is 1. The van der Waals surface area contributed by atoms with Crippen LogP contribution in [0.5, 0.6) is 0 Å². The van der Waals surface area contributed by atoms with Gasteiger partial charge in [0.25, 0.3) is 0 Å². The highest BCUT2D eigenvalue weighted by atomic mass is 35.5. The van der Waals surface area contributed by atoms with Crippen molar-refractivity contribution >= 4 is 46.7 Å². The van der Waals surface area contributed by atoms with Gasteiger partial charge in [0.05, 0.1) is 28.0 Å². The van der Waals surface area contributed by atoms with Crippen molar-refractivity contribution in [3.05, 3.63) is 46.1 Å². The van der Waals surface area contributed by atoms with E-state index < -0.39 is 0 Å². The molecule has 2 rings (SSSR count). The van der Waals surface area contributed by atoms with Gasteiger partial charge < -0.3 is 5.32 Å². The van der Waals surface area contributed by atoms with E-state index in [0.29, 0.717) is 22.4 Å². The average molecular weight is 344 g/mol. The van der Waals surface area contributed by atoms with Gasteiger partial charge in [0, 0.05) is 6.07 Å². The van der Waals surface area contributed by atoms with Crippen molar-refractivity contribution in [2.75, 3.05) is 11.6 Å². The Morgan fingerprint density at radius 2 is 2.19 bits per heavy atom. The largest absolute Gasteiger partial charge is 0.310 e. The number of nitrogens with one attached hydrogen (secondary N) is 1. The van der Waals surface area contributed by atoms with Gasteiger partial charge in [0.1, 0.15) is 5.82 Å². The number of carbonyl (C=O) groups excluding carboxylic acids is 1. The Kier molecular flexibility index (Phi) is 5.56. The summed E-state index contributed by atoms with van der Waals surface area (Å²) in [4.78, 5) is 11.9. The summed E-state index contributed by atoms with van der Waals surface area (Å²) in [5.41, 5.74) is 0.848. The van der Waals surface area contributed by atoms with Crippen molar-refractivity contribution in [3.8, 4) is 0 Å². The van der Waals surface area contributed by atoms with Crippen LogP contribution in [0.15, 0.2) is 30.5 Å². The molecule has 1 aromatic heterocycles. The first-order valence-corrected chi connectivity index (χ1v) is 8.35. The molecular formula is C14H15Cl2N3OS. The molecule has 1 heterocycles. The van der Waals surface area contributed by atoms with Gasteiger partial charge in [-0.2, -0.15) is 16.9 Å². The van der Waals surface area contributed by atoms with Crippen molar-refractivity contribution in [1.29, 1.82) is 0 Å². The number of halogens is 2. The number of thioether (sulfide) groups is 1. The minimum absolute atomic E-state index is 0.0542. The predicted octanol–water partition coefficient (Wildman–Crippen LogP) is 3.93. The van der Waals surface area contributed by atoms with Gasteiger partial charge in [-0.05, 0) is 24.8 Å². The minimum atomic E-state index is -0.122. The van der Waals surface area contributed by atoms with E-state index >= 15 is 0 Å². The number of benzene rings is 1. The van der Waals surface area contributed by atoms with Gasteiger partial charge in [0.15, 0.2) is 0 Å². The first-order chi connectivity index (χ1) is 10.0. The van der Waals surface area contributed by atoms with Crippen LogP contribution in [0.25, 0.3) is 0 Å². The van der Waals surface area contributed by atoms with Gasteiger partial charge >= 0.3 is 0 Å². The quantitative estimate of drug-likeness (QED) is 0.894. The average Bonchev–Trinajstić information content (AvgIpc) is 2.90. The zero-order chi connectivity index (χ0) is 15.4.